The molecule has 6 rings (SSSR count). The second kappa shape index (κ2) is 12.1. The Morgan fingerprint density at radius 1 is 1.18 bits per heavy atom. The van der Waals surface area contributed by atoms with Crippen LogP contribution in [0.5, 0.6) is 5.88 Å². The number of nitrogens with zero attached hydrogens (tertiary/aromatic N) is 6. The van der Waals surface area contributed by atoms with Crippen LogP contribution in [0.25, 0.3) is 22.3 Å². The van der Waals surface area contributed by atoms with E-state index in [1.165, 1.54) is 23.9 Å². The molecule has 44 heavy (non-hydrogen) atoms. The van der Waals surface area contributed by atoms with Crippen molar-refractivity contribution in [1.29, 1.82) is 5.26 Å². The number of hydrogen-bond donors (Lipinski definition) is 0. The molecule has 12 heteroatoms. The summed E-state index contributed by atoms with van der Waals surface area (Å²) in [4.78, 5) is 34.9. The van der Waals surface area contributed by atoms with E-state index < -0.39 is 11.8 Å². The Labute approximate surface area is 251 Å². The molecule has 1 aliphatic rings. The molecule has 1 fully saturated rings. The van der Waals surface area contributed by atoms with Crippen molar-refractivity contribution in [3.05, 3.63) is 105 Å². The molecule has 0 saturated carbocycles. The summed E-state index contributed by atoms with van der Waals surface area (Å²) < 4.78 is 33.8. The molecule has 3 aromatic heterocycles. The molecule has 0 N–H and O–H groups in total. The fraction of sp³-hybridized carbons (Fsp3) is 0.250. The van der Waals surface area contributed by atoms with Gasteiger partial charge in [0, 0.05) is 29.4 Å². The molecule has 0 aliphatic carbocycles. The Kier molecular flexibility index (Phi) is 7.87. The standard InChI is InChI=1S/C32H27FN6O5/c1-19-24(26-4-3-5-30(37-26)44-18-22-7-6-20(14-34)12-25(22)33)15-35-39(31(19)40)17-29-36-27-9-8-21(32(41)42-2)13-28(27)38(29)16-23-10-11-43-23/h3-9,12-13,15,23H,10-11,16-18H2,1-2H3/t23-/m0/s1. The van der Waals surface area contributed by atoms with Crippen molar-refractivity contribution >= 4 is 17.0 Å². The minimum atomic E-state index is -0.540. The molecular formula is C32H27FN6O5. The van der Waals surface area contributed by atoms with Crippen molar-refractivity contribution in [2.45, 2.75) is 39.1 Å². The van der Waals surface area contributed by atoms with Gasteiger partial charge in [0.1, 0.15) is 24.8 Å². The van der Waals surface area contributed by atoms with Crippen molar-refractivity contribution in [2.24, 2.45) is 0 Å². The van der Waals surface area contributed by atoms with Gasteiger partial charge in [0.25, 0.3) is 5.56 Å². The minimum Gasteiger partial charge on any atom is -0.473 e. The monoisotopic (exact) mass is 594 g/mol. The predicted octanol–water partition coefficient (Wildman–Crippen LogP) is 4.18. The highest BCUT2D eigenvalue weighted by Gasteiger charge is 2.23. The molecule has 1 atom stereocenters. The van der Waals surface area contributed by atoms with Gasteiger partial charge in [-0.2, -0.15) is 10.4 Å². The largest absolute Gasteiger partial charge is 0.473 e. The van der Waals surface area contributed by atoms with Gasteiger partial charge in [-0.3, -0.25) is 4.79 Å². The van der Waals surface area contributed by atoms with Gasteiger partial charge in [-0.15, -0.1) is 0 Å². The van der Waals surface area contributed by atoms with Crippen LogP contribution < -0.4 is 10.3 Å². The summed E-state index contributed by atoms with van der Waals surface area (Å²) in [6.07, 6.45) is 2.48. The summed E-state index contributed by atoms with van der Waals surface area (Å²) in [6.45, 7) is 2.92. The quantitative estimate of drug-likeness (QED) is 0.230. The average Bonchev–Trinajstić information content (AvgIpc) is 3.36. The van der Waals surface area contributed by atoms with Crippen LogP contribution in [0.2, 0.25) is 0 Å². The number of hydrogen-bond acceptors (Lipinski definition) is 9. The van der Waals surface area contributed by atoms with Crippen molar-refractivity contribution < 1.29 is 23.4 Å². The van der Waals surface area contributed by atoms with E-state index in [1.54, 1.807) is 49.5 Å². The smallest absolute Gasteiger partial charge is 0.337 e. The van der Waals surface area contributed by atoms with Crippen molar-refractivity contribution in [2.75, 3.05) is 13.7 Å². The molecular weight excluding hydrogens is 567 g/mol. The summed E-state index contributed by atoms with van der Waals surface area (Å²) in [5, 5.41) is 13.4. The normalized spacial score (nSPS) is 14.2. The van der Waals surface area contributed by atoms with Crippen LogP contribution in [0.3, 0.4) is 0 Å². The maximum absolute atomic E-state index is 14.3. The van der Waals surface area contributed by atoms with E-state index in [4.69, 9.17) is 24.5 Å². The number of benzene rings is 2. The van der Waals surface area contributed by atoms with Crippen LogP contribution in [0, 0.1) is 24.1 Å². The molecule has 1 aliphatic heterocycles. The lowest BCUT2D eigenvalue weighted by atomic mass is 10.1. The van der Waals surface area contributed by atoms with Gasteiger partial charge < -0.3 is 18.8 Å². The SMILES string of the molecule is COC(=O)c1ccc2nc(Cn3ncc(-c4cccc(OCc5ccc(C#N)cc5F)n4)c(C)c3=O)n(C[C@@H]3CCO3)c2c1. The topological polar surface area (TPSA) is 134 Å². The van der Waals surface area contributed by atoms with Gasteiger partial charge in [-0.25, -0.2) is 23.8 Å². The number of ether oxygens (including phenoxy) is 3. The number of aromatic nitrogens is 5. The number of nitriles is 1. The maximum Gasteiger partial charge on any atom is 0.337 e. The fourth-order valence-corrected chi connectivity index (χ4v) is 5.00. The Bertz CT molecular complexity index is 1990. The number of carbonyl (C=O) groups excluding carboxylic acids is 1. The second-order valence-electron chi connectivity index (χ2n) is 10.3. The third-order valence-corrected chi connectivity index (χ3v) is 7.56. The predicted molar refractivity (Wildman–Crippen MR) is 156 cm³/mol. The minimum absolute atomic E-state index is 0.00991. The number of imidazole rings is 1. The van der Waals surface area contributed by atoms with Crippen LogP contribution in [0.15, 0.2) is 65.6 Å². The summed E-state index contributed by atoms with van der Waals surface area (Å²) in [6, 6.07) is 16.3. The Hall–Kier alpha value is -5.41. The van der Waals surface area contributed by atoms with Crippen molar-refractivity contribution in [1.82, 2.24) is 24.3 Å². The molecule has 222 valence electrons. The third kappa shape index (κ3) is 5.65. The average molecular weight is 595 g/mol. The number of carbonyl (C=O) groups is 1. The van der Waals surface area contributed by atoms with Gasteiger partial charge >= 0.3 is 5.97 Å². The van der Waals surface area contributed by atoms with E-state index in [2.05, 4.69) is 10.1 Å². The summed E-state index contributed by atoms with van der Waals surface area (Å²) in [5.41, 5.74) is 3.44. The molecule has 0 unspecified atom stereocenters. The molecule has 5 aromatic rings. The van der Waals surface area contributed by atoms with Crippen LogP contribution in [0.1, 0.15) is 39.3 Å². The third-order valence-electron chi connectivity index (χ3n) is 7.56. The Morgan fingerprint density at radius 3 is 2.75 bits per heavy atom. The second-order valence-corrected chi connectivity index (χ2v) is 10.3. The van der Waals surface area contributed by atoms with E-state index in [0.29, 0.717) is 46.9 Å². The highest BCUT2D eigenvalue weighted by molar-refractivity contribution is 5.93. The molecule has 0 spiro atoms. The number of pyridine rings is 1. The lowest BCUT2D eigenvalue weighted by Gasteiger charge is -2.27. The first-order valence-corrected chi connectivity index (χ1v) is 13.9. The highest BCUT2D eigenvalue weighted by atomic mass is 19.1. The lowest BCUT2D eigenvalue weighted by molar-refractivity contribution is -0.0590. The number of rotatable bonds is 9. The van der Waals surface area contributed by atoms with Crippen LogP contribution >= 0.6 is 0 Å². The zero-order valence-corrected chi connectivity index (χ0v) is 24.0. The van der Waals surface area contributed by atoms with Crippen LogP contribution in [-0.2, 0) is 29.2 Å². The van der Waals surface area contributed by atoms with Gasteiger partial charge in [0.15, 0.2) is 0 Å². The van der Waals surface area contributed by atoms with E-state index in [1.807, 2.05) is 10.6 Å². The van der Waals surface area contributed by atoms with Crippen LogP contribution in [-0.4, -0.2) is 50.1 Å². The Balaban J connectivity index is 1.26. The number of esters is 1. The first-order valence-electron chi connectivity index (χ1n) is 13.9. The van der Waals surface area contributed by atoms with Gasteiger partial charge in [-0.1, -0.05) is 12.1 Å². The van der Waals surface area contributed by atoms with Gasteiger partial charge in [0.2, 0.25) is 5.88 Å². The molecule has 0 radical (unpaired) electrons. The zero-order chi connectivity index (χ0) is 30.8. The first kappa shape index (κ1) is 28.7. The molecule has 11 nitrogen and oxygen atoms in total. The van der Waals surface area contributed by atoms with Gasteiger partial charge in [0.05, 0.1) is 59.9 Å². The fourth-order valence-electron chi connectivity index (χ4n) is 5.00. The molecule has 0 amide bonds. The summed E-state index contributed by atoms with van der Waals surface area (Å²) >= 11 is 0. The molecule has 0 bridgehead atoms. The first-order chi connectivity index (χ1) is 21.3. The highest BCUT2D eigenvalue weighted by Crippen LogP contribution is 2.25. The van der Waals surface area contributed by atoms with Gasteiger partial charge in [-0.05, 0) is 49.7 Å². The van der Waals surface area contributed by atoms with E-state index in [-0.39, 0.29) is 41.8 Å². The lowest BCUT2D eigenvalue weighted by Crippen LogP contribution is -2.33. The van der Waals surface area contributed by atoms with Crippen molar-refractivity contribution in [3.63, 3.8) is 0 Å². The number of methoxy groups -OCH3 is 1. The van der Waals surface area contributed by atoms with Crippen LogP contribution in [0.4, 0.5) is 4.39 Å². The molecule has 4 heterocycles. The summed E-state index contributed by atoms with van der Waals surface area (Å²) in [7, 11) is 1.33. The molecule has 1 saturated heterocycles. The maximum atomic E-state index is 14.3. The molecule has 2 aromatic carbocycles. The van der Waals surface area contributed by atoms with Crippen molar-refractivity contribution in [3.8, 4) is 23.2 Å². The summed E-state index contributed by atoms with van der Waals surface area (Å²) in [5.74, 6) is -0.146. The zero-order valence-electron chi connectivity index (χ0n) is 24.0. The number of fused-ring (bicyclic) bond motifs is 1. The van der Waals surface area contributed by atoms with E-state index in [9.17, 15) is 14.0 Å². The van der Waals surface area contributed by atoms with E-state index in [0.717, 1.165) is 18.0 Å². The Morgan fingerprint density at radius 2 is 2.02 bits per heavy atom. The number of halogens is 1. The van der Waals surface area contributed by atoms with E-state index >= 15 is 0 Å².